The van der Waals surface area contributed by atoms with Crippen molar-refractivity contribution < 1.29 is 23.0 Å². The van der Waals surface area contributed by atoms with Crippen molar-refractivity contribution in [3.05, 3.63) is 60.4 Å². The van der Waals surface area contributed by atoms with E-state index in [1.54, 1.807) is 28.8 Å². The van der Waals surface area contributed by atoms with Crippen molar-refractivity contribution in [2.24, 2.45) is 0 Å². The van der Waals surface area contributed by atoms with Crippen LogP contribution in [0.25, 0.3) is 32.9 Å². The summed E-state index contributed by atoms with van der Waals surface area (Å²) in [6, 6.07) is 14.0. The van der Waals surface area contributed by atoms with Crippen LogP contribution in [0.15, 0.2) is 54.7 Å². The third-order valence-corrected chi connectivity index (χ3v) is 6.54. The minimum absolute atomic E-state index is 0.0250. The molecule has 0 spiro atoms. The molecule has 8 heteroatoms. The highest BCUT2D eigenvalue weighted by molar-refractivity contribution is 6.09. The van der Waals surface area contributed by atoms with E-state index < -0.39 is 17.5 Å². The van der Waals surface area contributed by atoms with Crippen LogP contribution in [0.5, 0.6) is 5.75 Å². The highest BCUT2D eigenvalue weighted by atomic mass is 19.4. The van der Waals surface area contributed by atoms with Gasteiger partial charge in [-0.15, -0.1) is 0 Å². The number of aromatic hydroxyl groups is 1. The maximum absolute atomic E-state index is 14.0. The van der Waals surface area contributed by atoms with Gasteiger partial charge in [-0.1, -0.05) is 30.3 Å². The summed E-state index contributed by atoms with van der Waals surface area (Å²) in [4.78, 5) is 3.72. The van der Waals surface area contributed by atoms with Crippen LogP contribution in [0.3, 0.4) is 0 Å². The van der Waals surface area contributed by atoms with Gasteiger partial charge in [0.1, 0.15) is 5.75 Å². The predicted octanol–water partition coefficient (Wildman–Crippen LogP) is 5.74. The van der Waals surface area contributed by atoms with Gasteiger partial charge >= 0.3 is 6.18 Å². The molecule has 5 rings (SSSR count). The molecule has 2 aromatic carbocycles. The summed E-state index contributed by atoms with van der Waals surface area (Å²) in [7, 11) is 0. The Balaban J connectivity index is 1.70. The number of phenolic OH excluding ortho intramolecular Hbond substituents is 1. The van der Waals surface area contributed by atoms with Crippen molar-refractivity contribution >= 4 is 21.8 Å². The van der Waals surface area contributed by atoms with Gasteiger partial charge in [0.15, 0.2) is 5.69 Å². The highest BCUT2D eigenvalue weighted by Gasteiger charge is 2.37. The van der Waals surface area contributed by atoms with Crippen LogP contribution in [0.2, 0.25) is 0 Å². The fourth-order valence-electron chi connectivity index (χ4n) is 4.98. The lowest BCUT2D eigenvalue weighted by atomic mass is 9.99. The second-order valence-electron chi connectivity index (χ2n) is 9.21. The number of morpholine rings is 1. The van der Waals surface area contributed by atoms with Gasteiger partial charge in [0.25, 0.3) is 0 Å². The number of phenols is 1. The molecule has 0 radical (unpaired) electrons. The van der Waals surface area contributed by atoms with E-state index in [0.717, 1.165) is 12.1 Å². The van der Waals surface area contributed by atoms with Crippen molar-refractivity contribution in [1.82, 2.24) is 14.9 Å². The smallest absolute Gasteiger partial charge is 0.435 e. The maximum Gasteiger partial charge on any atom is 0.435 e. The van der Waals surface area contributed by atoms with Gasteiger partial charge in [-0.2, -0.15) is 13.2 Å². The topological polar surface area (TPSA) is 59.3 Å². The summed E-state index contributed by atoms with van der Waals surface area (Å²) in [6.07, 6.45) is -2.83. The fourth-order valence-corrected chi connectivity index (χ4v) is 4.98. The number of aromatic nitrogens is 2. The molecule has 0 aliphatic carbocycles. The second-order valence-corrected chi connectivity index (χ2v) is 9.21. The van der Waals surface area contributed by atoms with Gasteiger partial charge in [0.2, 0.25) is 0 Å². The van der Waals surface area contributed by atoms with Crippen LogP contribution in [0, 0.1) is 0 Å². The zero-order valence-corrected chi connectivity index (χ0v) is 19.0. The number of rotatable bonds is 4. The molecule has 1 aliphatic rings. The average molecular weight is 470 g/mol. The molecule has 5 nitrogen and oxygen atoms in total. The Kier molecular flexibility index (Phi) is 5.53. The molecule has 0 bridgehead atoms. The summed E-state index contributed by atoms with van der Waals surface area (Å²) in [5.74, 6) is 0.116. The number of nitrogens with zero attached hydrogens (tertiary/aromatic N) is 2. The Bertz CT molecular complexity index is 1360. The van der Waals surface area contributed by atoms with Gasteiger partial charge in [-0.25, -0.2) is 4.98 Å². The Morgan fingerprint density at radius 3 is 2.71 bits per heavy atom. The lowest BCUT2D eigenvalue weighted by Gasteiger charge is -2.38. The third kappa shape index (κ3) is 4.01. The first kappa shape index (κ1) is 22.7. The van der Waals surface area contributed by atoms with E-state index in [0.29, 0.717) is 41.4 Å². The van der Waals surface area contributed by atoms with Gasteiger partial charge < -0.3 is 19.7 Å². The number of pyridine rings is 1. The number of fused-ring (bicyclic) bond motifs is 3. The molecule has 178 valence electrons. The summed E-state index contributed by atoms with van der Waals surface area (Å²) in [6.45, 7) is 5.66. The molecule has 1 fully saturated rings. The quantitative estimate of drug-likeness (QED) is 0.400. The normalized spacial score (nSPS) is 21.4. The van der Waals surface area contributed by atoms with Crippen LogP contribution in [-0.2, 0) is 17.5 Å². The van der Waals surface area contributed by atoms with E-state index in [1.807, 2.05) is 38.1 Å². The Morgan fingerprint density at radius 1 is 1.18 bits per heavy atom. The number of aryl methyl sites for hydroxylation is 1. The number of benzene rings is 2. The van der Waals surface area contributed by atoms with Crippen molar-refractivity contribution in [1.29, 1.82) is 0 Å². The lowest BCUT2D eigenvalue weighted by molar-refractivity contribution is -0.140. The van der Waals surface area contributed by atoms with E-state index in [2.05, 4.69) is 10.3 Å². The van der Waals surface area contributed by atoms with Gasteiger partial charge in [0, 0.05) is 47.7 Å². The largest absolute Gasteiger partial charge is 0.507 e. The van der Waals surface area contributed by atoms with Crippen molar-refractivity contribution in [3.63, 3.8) is 0 Å². The third-order valence-electron chi connectivity index (χ3n) is 6.54. The molecule has 4 aromatic rings. The van der Waals surface area contributed by atoms with Crippen LogP contribution < -0.4 is 5.32 Å². The zero-order chi connectivity index (χ0) is 24.1. The summed E-state index contributed by atoms with van der Waals surface area (Å²) >= 11 is 0. The van der Waals surface area contributed by atoms with Crippen molar-refractivity contribution in [2.75, 3.05) is 13.1 Å². The SMILES string of the molecule is CC1CNCC(C)(CCn2c3cc(-c4ccccc4O)ccc3c3ccnc(C(F)(F)F)c32)O1. The minimum atomic E-state index is -4.59. The summed E-state index contributed by atoms with van der Waals surface area (Å²) in [5.41, 5.74) is 0.680. The first-order valence-electron chi connectivity index (χ1n) is 11.3. The number of alkyl halides is 3. The van der Waals surface area contributed by atoms with E-state index in [9.17, 15) is 18.3 Å². The van der Waals surface area contributed by atoms with Crippen LogP contribution in [0.1, 0.15) is 26.0 Å². The van der Waals surface area contributed by atoms with Gasteiger partial charge in [-0.3, -0.25) is 0 Å². The lowest BCUT2D eigenvalue weighted by Crippen LogP contribution is -2.51. The average Bonchev–Trinajstić information content (AvgIpc) is 3.10. The summed E-state index contributed by atoms with van der Waals surface area (Å²) in [5, 5.41) is 14.9. The first-order chi connectivity index (χ1) is 16.2. The van der Waals surface area contributed by atoms with Crippen molar-refractivity contribution in [2.45, 2.75) is 44.7 Å². The fraction of sp³-hybridized carbons (Fsp3) is 0.346. The van der Waals surface area contributed by atoms with Crippen LogP contribution in [0.4, 0.5) is 13.2 Å². The maximum atomic E-state index is 14.0. The molecule has 0 saturated carbocycles. The van der Waals surface area contributed by atoms with Crippen molar-refractivity contribution in [3.8, 4) is 16.9 Å². The predicted molar refractivity (Wildman–Crippen MR) is 126 cm³/mol. The van der Waals surface area contributed by atoms with E-state index in [4.69, 9.17) is 4.74 Å². The monoisotopic (exact) mass is 469 g/mol. The standard InChI is InChI=1S/C26H26F3N3O2/c1-16-14-30-15-25(2,34-16)10-12-32-21-13-17(18-5-3-4-6-22(18)33)7-8-19(21)20-9-11-31-24(23(20)32)26(27,28)29/h3-9,11,13,16,30,33H,10,12,14-15H2,1-2H3. The second kappa shape index (κ2) is 8.29. The molecule has 1 saturated heterocycles. The Hall–Kier alpha value is -3.10. The molecule has 1 aliphatic heterocycles. The zero-order valence-electron chi connectivity index (χ0n) is 19.0. The molecule has 3 heterocycles. The van der Waals surface area contributed by atoms with Crippen LogP contribution in [-0.4, -0.2) is 39.5 Å². The minimum Gasteiger partial charge on any atom is -0.507 e. The molecule has 0 amide bonds. The number of para-hydroxylation sites is 1. The number of hydrogen-bond acceptors (Lipinski definition) is 4. The van der Waals surface area contributed by atoms with Gasteiger partial charge in [-0.05, 0) is 44.0 Å². The summed E-state index contributed by atoms with van der Waals surface area (Å²) < 4.78 is 49.9. The van der Waals surface area contributed by atoms with E-state index in [1.165, 1.54) is 6.20 Å². The van der Waals surface area contributed by atoms with Crippen LogP contribution >= 0.6 is 0 Å². The Morgan fingerprint density at radius 2 is 1.97 bits per heavy atom. The van der Waals surface area contributed by atoms with Gasteiger partial charge in [0.05, 0.1) is 17.2 Å². The van der Waals surface area contributed by atoms with E-state index in [-0.39, 0.29) is 17.4 Å². The molecule has 2 N–H and O–H groups in total. The number of hydrogen-bond donors (Lipinski definition) is 2. The molecule has 2 aromatic heterocycles. The number of ether oxygens (including phenoxy) is 1. The molecular weight excluding hydrogens is 443 g/mol. The number of halogens is 3. The molecule has 2 atom stereocenters. The Labute approximate surface area is 195 Å². The van der Waals surface area contributed by atoms with E-state index >= 15 is 0 Å². The molecule has 2 unspecified atom stereocenters. The molecule has 34 heavy (non-hydrogen) atoms. The highest BCUT2D eigenvalue weighted by Crippen LogP contribution is 2.40. The first-order valence-corrected chi connectivity index (χ1v) is 11.3. The molecular formula is C26H26F3N3O2. The number of nitrogens with one attached hydrogen (secondary N) is 1.